The molecule has 2 aromatic rings. The second-order valence-corrected chi connectivity index (χ2v) is 4.20. The van der Waals surface area contributed by atoms with E-state index < -0.39 is 0 Å². The van der Waals surface area contributed by atoms with Crippen molar-refractivity contribution >= 4 is 0 Å². The third-order valence-electron chi connectivity index (χ3n) is 2.74. The fourth-order valence-electron chi connectivity index (χ4n) is 1.77. The Balaban J connectivity index is 2.28. The molecule has 0 aliphatic heterocycles. The summed E-state index contributed by atoms with van der Waals surface area (Å²) in [4.78, 5) is 16.2. The van der Waals surface area contributed by atoms with E-state index in [1.807, 2.05) is 20.8 Å². The molecule has 2 rings (SSSR count). The fraction of sp³-hybridized carbons (Fsp3) is 0.545. The average Bonchev–Trinajstić information content (AvgIpc) is 2.87. The minimum atomic E-state index is -0.00865. The van der Waals surface area contributed by atoms with Gasteiger partial charge in [0.15, 0.2) is 0 Å². The molecule has 0 N–H and O–H groups in total. The van der Waals surface area contributed by atoms with Gasteiger partial charge in [-0.15, -0.1) is 0 Å². The van der Waals surface area contributed by atoms with Gasteiger partial charge in [-0.25, -0.2) is 14.5 Å². The molecule has 0 saturated carbocycles. The third kappa shape index (κ3) is 2.15. The van der Waals surface area contributed by atoms with Gasteiger partial charge in [-0.3, -0.25) is 9.13 Å². The van der Waals surface area contributed by atoms with E-state index in [2.05, 4.69) is 10.1 Å². The Kier molecular flexibility index (Phi) is 3.12. The molecule has 6 heteroatoms. The molecule has 17 heavy (non-hydrogen) atoms. The van der Waals surface area contributed by atoms with Gasteiger partial charge in [-0.05, 0) is 20.8 Å². The molecular formula is C11H17N5O. The van der Waals surface area contributed by atoms with Gasteiger partial charge in [0.25, 0.3) is 0 Å². The molecule has 0 aliphatic rings. The average molecular weight is 235 g/mol. The molecule has 6 nitrogen and oxygen atoms in total. The van der Waals surface area contributed by atoms with Crippen LogP contribution < -0.4 is 5.69 Å². The molecule has 0 bridgehead atoms. The molecule has 0 saturated heterocycles. The zero-order valence-corrected chi connectivity index (χ0v) is 10.4. The summed E-state index contributed by atoms with van der Waals surface area (Å²) in [6, 6.07) is 0.174. The lowest BCUT2D eigenvalue weighted by atomic mass is 10.4. The van der Waals surface area contributed by atoms with Crippen molar-refractivity contribution in [1.29, 1.82) is 0 Å². The van der Waals surface area contributed by atoms with Crippen molar-refractivity contribution in [2.75, 3.05) is 0 Å². The molecule has 0 fully saturated rings. The van der Waals surface area contributed by atoms with Gasteiger partial charge in [0.1, 0.15) is 12.2 Å². The molecule has 0 spiro atoms. The molecule has 0 atom stereocenters. The van der Waals surface area contributed by atoms with Crippen LogP contribution in [0.5, 0.6) is 0 Å². The highest BCUT2D eigenvalue weighted by Crippen LogP contribution is 2.01. The smallest absolute Gasteiger partial charge is 0.297 e. The van der Waals surface area contributed by atoms with Crippen molar-refractivity contribution in [1.82, 2.24) is 23.9 Å². The lowest BCUT2D eigenvalue weighted by Gasteiger charge is -2.05. The van der Waals surface area contributed by atoms with Gasteiger partial charge in [-0.1, -0.05) is 0 Å². The van der Waals surface area contributed by atoms with Crippen LogP contribution in [0.25, 0.3) is 0 Å². The number of imidazole rings is 1. The summed E-state index contributed by atoms with van der Waals surface area (Å²) in [6.45, 7) is 7.20. The molecule has 2 heterocycles. The second kappa shape index (κ2) is 4.57. The van der Waals surface area contributed by atoms with Gasteiger partial charge in [0, 0.05) is 25.0 Å². The minimum absolute atomic E-state index is 0.00865. The van der Waals surface area contributed by atoms with Crippen LogP contribution in [0.15, 0.2) is 23.5 Å². The highest BCUT2D eigenvalue weighted by atomic mass is 16.1. The molecule has 0 aromatic carbocycles. The first-order valence-electron chi connectivity index (χ1n) is 5.77. The SMILES string of the molecule is CCn1ncnc1Cn1ccn(C(C)C)c1=O. The van der Waals surface area contributed by atoms with Gasteiger partial charge in [0.2, 0.25) is 0 Å². The molecule has 2 aromatic heterocycles. The van der Waals surface area contributed by atoms with Gasteiger partial charge in [0.05, 0.1) is 6.54 Å². The van der Waals surface area contributed by atoms with Gasteiger partial charge < -0.3 is 0 Å². The summed E-state index contributed by atoms with van der Waals surface area (Å²) in [5.74, 6) is 0.802. The highest BCUT2D eigenvalue weighted by Gasteiger charge is 2.09. The minimum Gasteiger partial charge on any atom is -0.297 e. The second-order valence-electron chi connectivity index (χ2n) is 4.20. The number of hydrogen-bond donors (Lipinski definition) is 0. The van der Waals surface area contributed by atoms with Crippen LogP contribution in [0.1, 0.15) is 32.6 Å². The van der Waals surface area contributed by atoms with E-state index in [1.54, 1.807) is 26.2 Å². The first kappa shape index (κ1) is 11.6. The standard InChI is InChI=1S/C11H17N5O/c1-4-16-10(12-8-13-16)7-14-5-6-15(9(2)3)11(14)17/h5-6,8-9H,4,7H2,1-3H3. The summed E-state index contributed by atoms with van der Waals surface area (Å²) >= 11 is 0. The summed E-state index contributed by atoms with van der Waals surface area (Å²) in [5, 5.41) is 4.09. The number of aromatic nitrogens is 5. The lowest BCUT2D eigenvalue weighted by Crippen LogP contribution is -2.26. The summed E-state index contributed by atoms with van der Waals surface area (Å²) < 4.78 is 5.14. The van der Waals surface area contributed by atoms with Crippen molar-refractivity contribution in [3.8, 4) is 0 Å². The highest BCUT2D eigenvalue weighted by molar-refractivity contribution is 4.91. The Morgan fingerprint density at radius 2 is 2.12 bits per heavy atom. The van der Waals surface area contributed by atoms with Crippen LogP contribution in [-0.4, -0.2) is 23.9 Å². The van der Waals surface area contributed by atoms with Crippen molar-refractivity contribution in [3.05, 3.63) is 35.0 Å². The Morgan fingerprint density at radius 3 is 2.71 bits per heavy atom. The predicted octanol–water partition coefficient (Wildman–Crippen LogP) is 0.890. The molecule has 0 amide bonds. The topological polar surface area (TPSA) is 57.6 Å². The summed E-state index contributed by atoms with van der Waals surface area (Å²) in [5.41, 5.74) is -0.00865. The van der Waals surface area contributed by atoms with Gasteiger partial charge >= 0.3 is 5.69 Å². The van der Waals surface area contributed by atoms with Crippen molar-refractivity contribution in [2.45, 2.75) is 39.9 Å². The maximum atomic E-state index is 12.0. The van der Waals surface area contributed by atoms with E-state index in [-0.39, 0.29) is 11.7 Å². The van der Waals surface area contributed by atoms with E-state index in [0.29, 0.717) is 6.54 Å². The van der Waals surface area contributed by atoms with Crippen LogP contribution in [0.2, 0.25) is 0 Å². The fourth-order valence-corrected chi connectivity index (χ4v) is 1.77. The van der Waals surface area contributed by atoms with E-state index in [1.165, 1.54) is 6.33 Å². The van der Waals surface area contributed by atoms with Crippen LogP contribution >= 0.6 is 0 Å². The van der Waals surface area contributed by atoms with Crippen molar-refractivity contribution in [3.63, 3.8) is 0 Å². The first-order valence-corrected chi connectivity index (χ1v) is 5.77. The Morgan fingerprint density at radius 1 is 1.35 bits per heavy atom. The summed E-state index contributed by atoms with van der Waals surface area (Å²) in [6.07, 6.45) is 5.11. The quantitative estimate of drug-likeness (QED) is 0.790. The lowest BCUT2D eigenvalue weighted by molar-refractivity contribution is 0.544. The maximum Gasteiger partial charge on any atom is 0.328 e. The van der Waals surface area contributed by atoms with E-state index in [0.717, 1.165) is 12.4 Å². The van der Waals surface area contributed by atoms with Crippen LogP contribution in [-0.2, 0) is 13.1 Å². The first-order chi connectivity index (χ1) is 8.13. The Bertz CT molecular complexity index is 548. The van der Waals surface area contributed by atoms with E-state index in [9.17, 15) is 4.79 Å². The molecule has 0 radical (unpaired) electrons. The number of rotatable bonds is 4. The maximum absolute atomic E-state index is 12.0. The molecule has 92 valence electrons. The predicted molar refractivity (Wildman–Crippen MR) is 63.9 cm³/mol. The van der Waals surface area contributed by atoms with Gasteiger partial charge in [-0.2, -0.15) is 5.10 Å². The number of nitrogens with zero attached hydrogens (tertiary/aromatic N) is 5. The molecule has 0 unspecified atom stereocenters. The zero-order chi connectivity index (χ0) is 12.4. The summed E-state index contributed by atoms with van der Waals surface area (Å²) in [7, 11) is 0. The van der Waals surface area contributed by atoms with Crippen molar-refractivity contribution in [2.24, 2.45) is 0 Å². The Hall–Kier alpha value is -1.85. The van der Waals surface area contributed by atoms with E-state index in [4.69, 9.17) is 0 Å². The van der Waals surface area contributed by atoms with Crippen LogP contribution in [0.4, 0.5) is 0 Å². The number of aryl methyl sites for hydroxylation is 1. The van der Waals surface area contributed by atoms with Crippen LogP contribution in [0, 0.1) is 0 Å². The number of hydrogen-bond acceptors (Lipinski definition) is 3. The van der Waals surface area contributed by atoms with Crippen molar-refractivity contribution < 1.29 is 0 Å². The van der Waals surface area contributed by atoms with Crippen LogP contribution in [0.3, 0.4) is 0 Å². The Labute approximate surface area is 99.5 Å². The third-order valence-corrected chi connectivity index (χ3v) is 2.74. The molecular weight excluding hydrogens is 218 g/mol. The molecule has 0 aliphatic carbocycles. The normalized spacial score (nSPS) is 11.3. The zero-order valence-electron chi connectivity index (χ0n) is 10.4. The largest absolute Gasteiger partial charge is 0.328 e. The van der Waals surface area contributed by atoms with E-state index >= 15 is 0 Å². The monoisotopic (exact) mass is 235 g/mol.